The summed E-state index contributed by atoms with van der Waals surface area (Å²) in [7, 11) is -3.60. The quantitative estimate of drug-likeness (QED) is 0.717. The van der Waals surface area contributed by atoms with Gasteiger partial charge in [0.05, 0.1) is 5.75 Å². The molecule has 0 fully saturated rings. The third-order valence-corrected chi connectivity index (χ3v) is 6.24. The fraction of sp³-hybridized carbons (Fsp3) is 0.222. The van der Waals surface area contributed by atoms with E-state index in [4.69, 9.17) is 0 Å². The molecule has 0 unspecified atom stereocenters. The van der Waals surface area contributed by atoms with E-state index in [-0.39, 0.29) is 17.4 Å². The van der Waals surface area contributed by atoms with Gasteiger partial charge in [-0.15, -0.1) is 11.3 Å². The molecule has 2 aromatic carbocycles. The number of hydrogen-bond donors (Lipinski definition) is 1. The normalized spacial score (nSPS) is 13.2. The second-order valence-corrected chi connectivity index (χ2v) is 8.50. The van der Waals surface area contributed by atoms with Crippen LogP contribution >= 0.6 is 11.3 Å². The number of benzene rings is 2. The van der Waals surface area contributed by atoms with Gasteiger partial charge in [0.2, 0.25) is 10.0 Å². The van der Waals surface area contributed by atoms with Crippen molar-refractivity contribution in [2.45, 2.75) is 25.1 Å². The number of rotatable bonds is 6. The third kappa shape index (κ3) is 4.01. The Balaban J connectivity index is 1.69. The van der Waals surface area contributed by atoms with Crippen molar-refractivity contribution in [3.63, 3.8) is 0 Å². The first-order valence-electron chi connectivity index (χ1n) is 7.63. The van der Waals surface area contributed by atoms with Crippen molar-refractivity contribution in [1.29, 1.82) is 0 Å². The zero-order valence-corrected chi connectivity index (χ0v) is 14.8. The topological polar surface area (TPSA) is 46.2 Å². The Kier molecular flexibility index (Phi) is 4.99. The maximum atomic E-state index is 13.6. The maximum absolute atomic E-state index is 13.6. The third-order valence-electron chi connectivity index (χ3n) is 3.77. The first kappa shape index (κ1) is 17.1. The standard InChI is InChI=1S/C18H18FNO2S2/c1-13(10-15-11-23-18-9-5-3-7-16(15)18)20-24(21,22)12-14-6-2-4-8-17(14)19/h2-9,11,13,20H,10,12H2,1H3/t13-/m1/s1. The lowest BCUT2D eigenvalue weighted by atomic mass is 10.1. The fourth-order valence-electron chi connectivity index (χ4n) is 2.73. The van der Waals surface area contributed by atoms with Gasteiger partial charge < -0.3 is 0 Å². The number of nitrogens with one attached hydrogen (secondary N) is 1. The van der Waals surface area contributed by atoms with Gasteiger partial charge in [-0.3, -0.25) is 0 Å². The highest BCUT2D eigenvalue weighted by Gasteiger charge is 2.18. The largest absolute Gasteiger partial charge is 0.216 e. The van der Waals surface area contributed by atoms with E-state index < -0.39 is 15.8 Å². The van der Waals surface area contributed by atoms with Crippen molar-refractivity contribution < 1.29 is 12.8 Å². The maximum Gasteiger partial charge on any atom is 0.216 e. The number of halogens is 1. The molecule has 0 bridgehead atoms. The van der Waals surface area contributed by atoms with Gasteiger partial charge in [0, 0.05) is 16.3 Å². The van der Waals surface area contributed by atoms with Gasteiger partial charge in [0.15, 0.2) is 0 Å². The van der Waals surface area contributed by atoms with Crippen LogP contribution in [0.4, 0.5) is 4.39 Å². The Morgan fingerprint density at radius 2 is 1.79 bits per heavy atom. The molecule has 3 aromatic rings. The average Bonchev–Trinajstić information content (AvgIpc) is 2.92. The van der Waals surface area contributed by atoms with Crippen LogP contribution in [-0.4, -0.2) is 14.5 Å². The molecular formula is C18H18FNO2S2. The molecule has 1 heterocycles. The van der Waals surface area contributed by atoms with E-state index in [1.54, 1.807) is 23.5 Å². The highest BCUT2D eigenvalue weighted by Crippen LogP contribution is 2.26. The van der Waals surface area contributed by atoms with Crippen molar-refractivity contribution in [3.05, 3.63) is 70.9 Å². The van der Waals surface area contributed by atoms with Gasteiger partial charge in [0.25, 0.3) is 0 Å². The molecule has 6 heteroatoms. The van der Waals surface area contributed by atoms with Gasteiger partial charge in [-0.05, 0) is 41.8 Å². The monoisotopic (exact) mass is 363 g/mol. The summed E-state index contributed by atoms with van der Waals surface area (Å²) >= 11 is 1.65. The lowest BCUT2D eigenvalue weighted by molar-refractivity contribution is 0.555. The second kappa shape index (κ2) is 7.01. The Labute approximate surface area is 145 Å². The lowest BCUT2D eigenvalue weighted by Gasteiger charge is -2.14. The highest BCUT2D eigenvalue weighted by molar-refractivity contribution is 7.88. The summed E-state index contributed by atoms with van der Waals surface area (Å²) in [6.07, 6.45) is 0.598. The lowest BCUT2D eigenvalue weighted by Crippen LogP contribution is -2.35. The van der Waals surface area contributed by atoms with E-state index in [9.17, 15) is 12.8 Å². The molecule has 1 atom stereocenters. The van der Waals surface area contributed by atoms with Crippen molar-refractivity contribution in [2.75, 3.05) is 0 Å². The van der Waals surface area contributed by atoms with Gasteiger partial charge in [-0.25, -0.2) is 17.5 Å². The van der Waals surface area contributed by atoms with Crippen LogP contribution in [0.5, 0.6) is 0 Å². The Hall–Kier alpha value is -1.76. The fourth-order valence-corrected chi connectivity index (χ4v) is 5.13. The van der Waals surface area contributed by atoms with Crippen LogP contribution in [0, 0.1) is 5.82 Å². The molecule has 3 nitrogen and oxygen atoms in total. The predicted octanol–water partition coefficient (Wildman–Crippen LogP) is 4.09. The van der Waals surface area contributed by atoms with E-state index in [0.29, 0.717) is 6.42 Å². The van der Waals surface area contributed by atoms with Gasteiger partial charge in [-0.1, -0.05) is 36.4 Å². The van der Waals surface area contributed by atoms with E-state index in [1.165, 1.54) is 16.8 Å². The SMILES string of the molecule is C[C@H](Cc1csc2ccccc12)NS(=O)(=O)Cc1ccccc1F. The zero-order valence-electron chi connectivity index (χ0n) is 13.2. The van der Waals surface area contributed by atoms with Gasteiger partial charge >= 0.3 is 0 Å². The minimum absolute atomic E-state index is 0.179. The smallest absolute Gasteiger partial charge is 0.212 e. The molecule has 0 amide bonds. The Morgan fingerprint density at radius 1 is 1.08 bits per heavy atom. The molecule has 3 rings (SSSR count). The molecule has 0 aliphatic carbocycles. The summed E-state index contributed by atoms with van der Waals surface area (Å²) in [6.45, 7) is 1.82. The summed E-state index contributed by atoms with van der Waals surface area (Å²) < 4.78 is 42.0. The molecule has 0 aliphatic heterocycles. The van der Waals surface area contributed by atoms with Crippen LogP contribution in [0.3, 0.4) is 0 Å². The van der Waals surface area contributed by atoms with Crippen LogP contribution in [-0.2, 0) is 22.2 Å². The van der Waals surface area contributed by atoms with E-state index in [1.807, 2.05) is 25.1 Å². The molecule has 0 saturated heterocycles. The van der Waals surface area contributed by atoms with Crippen molar-refractivity contribution in [2.24, 2.45) is 0 Å². The molecular weight excluding hydrogens is 345 g/mol. The molecule has 24 heavy (non-hydrogen) atoms. The average molecular weight is 363 g/mol. The van der Waals surface area contributed by atoms with Crippen molar-refractivity contribution in [3.8, 4) is 0 Å². The van der Waals surface area contributed by atoms with Crippen molar-refractivity contribution >= 4 is 31.4 Å². The molecule has 0 aliphatic rings. The molecule has 0 saturated carbocycles. The van der Waals surface area contributed by atoms with E-state index >= 15 is 0 Å². The summed E-state index contributed by atoms with van der Waals surface area (Å²) in [6, 6.07) is 13.7. The molecule has 1 N–H and O–H groups in total. The second-order valence-electron chi connectivity index (χ2n) is 5.83. The number of fused-ring (bicyclic) bond motifs is 1. The van der Waals surface area contributed by atoms with E-state index in [0.717, 1.165) is 10.9 Å². The summed E-state index contributed by atoms with van der Waals surface area (Å²) in [4.78, 5) is 0. The molecule has 126 valence electrons. The summed E-state index contributed by atoms with van der Waals surface area (Å²) in [5, 5.41) is 3.22. The van der Waals surface area contributed by atoms with Crippen LogP contribution in [0.2, 0.25) is 0 Å². The Bertz CT molecular complexity index is 950. The first-order chi connectivity index (χ1) is 11.4. The van der Waals surface area contributed by atoms with Crippen LogP contribution in [0.25, 0.3) is 10.1 Å². The highest BCUT2D eigenvalue weighted by atomic mass is 32.2. The van der Waals surface area contributed by atoms with Crippen molar-refractivity contribution in [1.82, 2.24) is 4.72 Å². The number of hydrogen-bond acceptors (Lipinski definition) is 3. The summed E-state index contributed by atoms with van der Waals surface area (Å²) in [5.74, 6) is -0.853. The van der Waals surface area contributed by atoms with Crippen LogP contribution < -0.4 is 4.72 Å². The Morgan fingerprint density at radius 3 is 2.58 bits per heavy atom. The van der Waals surface area contributed by atoms with Gasteiger partial charge in [0.1, 0.15) is 5.82 Å². The zero-order chi connectivity index (χ0) is 17.2. The van der Waals surface area contributed by atoms with Crippen LogP contribution in [0.1, 0.15) is 18.1 Å². The predicted molar refractivity (Wildman–Crippen MR) is 97.2 cm³/mol. The minimum atomic E-state index is -3.60. The number of sulfonamides is 1. The minimum Gasteiger partial charge on any atom is -0.212 e. The van der Waals surface area contributed by atoms with E-state index in [2.05, 4.69) is 16.2 Å². The first-order valence-corrected chi connectivity index (χ1v) is 10.2. The van der Waals surface area contributed by atoms with Gasteiger partial charge in [-0.2, -0.15) is 0 Å². The molecule has 0 spiro atoms. The van der Waals surface area contributed by atoms with Crippen LogP contribution in [0.15, 0.2) is 53.9 Å². The summed E-state index contributed by atoms with van der Waals surface area (Å²) in [5.41, 5.74) is 1.30. The number of thiophene rings is 1. The molecule has 0 radical (unpaired) electrons. The molecule has 1 aromatic heterocycles.